The molecule has 0 unspecified atom stereocenters. The van der Waals surface area contributed by atoms with E-state index in [1.54, 1.807) is 0 Å². The maximum atomic E-state index is 6.10. The predicted molar refractivity (Wildman–Crippen MR) is 87.3 cm³/mol. The van der Waals surface area contributed by atoms with Crippen LogP contribution in [0.15, 0.2) is 36.4 Å². The molecule has 3 rings (SSSR count). The number of nitrogens with one attached hydrogen (secondary N) is 1. The van der Waals surface area contributed by atoms with Crippen molar-refractivity contribution >= 4 is 11.6 Å². The largest absolute Gasteiger partial charge is 0.457 e. The van der Waals surface area contributed by atoms with Crippen molar-refractivity contribution < 1.29 is 4.74 Å². The molecule has 1 N–H and O–H groups in total. The Balaban J connectivity index is 1.84. The number of benzene rings is 2. The Morgan fingerprint density at radius 1 is 1.10 bits per heavy atom. The van der Waals surface area contributed by atoms with Gasteiger partial charge in [-0.3, -0.25) is 0 Å². The van der Waals surface area contributed by atoms with Crippen molar-refractivity contribution in [2.24, 2.45) is 0 Å². The fourth-order valence-electron chi connectivity index (χ4n) is 2.29. The number of ether oxygens (including phenoxy) is 1. The van der Waals surface area contributed by atoms with Gasteiger partial charge in [0.2, 0.25) is 0 Å². The van der Waals surface area contributed by atoms with Gasteiger partial charge in [-0.15, -0.1) is 0 Å². The van der Waals surface area contributed by atoms with Gasteiger partial charge in [0.25, 0.3) is 0 Å². The van der Waals surface area contributed by atoms with Crippen LogP contribution in [0.1, 0.15) is 29.5 Å². The summed E-state index contributed by atoms with van der Waals surface area (Å²) in [5.74, 6) is 1.72. The second-order valence-corrected chi connectivity index (χ2v) is 6.21. The molecule has 21 heavy (non-hydrogen) atoms. The molecular weight excluding hydrogens is 282 g/mol. The molecule has 0 heterocycles. The number of halogens is 1. The van der Waals surface area contributed by atoms with Gasteiger partial charge in [0, 0.05) is 23.2 Å². The molecule has 0 amide bonds. The lowest BCUT2D eigenvalue weighted by molar-refractivity contribution is 0.469. The van der Waals surface area contributed by atoms with Gasteiger partial charge in [-0.1, -0.05) is 35.4 Å². The average Bonchev–Trinajstić information content (AvgIpc) is 3.27. The molecule has 2 aromatic rings. The molecule has 0 saturated heterocycles. The van der Waals surface area contributed by atoms with Crippen LogP contribution in [0.25, 0.3) is 0 Å². The first kappa shape index (κ1) is 14.4. The first-order chi connectivity index (χ1) is 10.1. The Morgan fingerprint density at radius 3 is 2.67 bits per heavy atom. The normalized spacial score (nSPS) is 14.2. The molecule has 0 aliphatic heterocycles. The van der Waals surface area contributed by atoms with Crippen LogP contribution >= 0.6 is 11.6 Å². The fraction of sp³-hybridized carbons (Fsp3) is 0.333. The highest BCUT2D eigenvalue weighted by molar-refractivity contribution is 6.30. The van der Waals surface area contributed by atoms with Gasteiger partial charge in [-0.2, -0.15) is 0 Å². The molecule has 1 fully saturated rings. The van der Waals surface area contributed by atoms with Crippen molar-refractivity contribution in [3.8, 4) is 11.5 Å². The third-order valence-electron chi connectivity index (χ3n) is 3.74. The molecule has 1 aliphatic rings. The summed E-state index contributed by atoms with van der Waals surface area (Å²) in [4.78, 5) is 0. The monoisotopic (exact) mass is 301 g/mol. The Bertz CT molecular complexity index is 650. The zero-order valence-corrected chi connectivity index (χ0v) is 13.2. The average molecular weight is 302 g/mol. The second kappa shape index (κ2) is 6.08. The van der Waals surface area contributed by atoms with Crippen LogP contribution in [0.4, 0.5) is 0 Å². The van der Waals surface area contributed by atoms with E-state index >= 15 is 0 Å². The lowest BCUT2D eigenvalue weighted by Crippen LogP contribution is -2.15. The maximum Gasteiger partial charge on any atom is 0.131 e. The molecule has 0 aromatic heterocycles. The highest BCUT2D eigenvalue weighted by Crippen LogP contribution is 2.31. The topological polar surface area (TPSA) is 21.3 Å². The van der Waals surface area contributed by atoms with Gasteiger partial charge < -0.3 is 10.1 Å². The predicted octanol–water partition coefficient (Wildman–Crippen LogP) is 5.00. The summed E-state index contributed by atoms with van der Waals surface area (Å²) in [7, 11) is 0. The molecule has 0 atom stereocenters. The van der Waals surface area contributed by atoms with Gasteiger partial charge in [-0.05, 0) is 50.5 Å². The first-order valence-corrected chi connectivity index (χ1v) is 7.76. The summed E-state index contributed by atoms with van der Waals surface area (Å²) in [6, 6.07) is 12.7. The van der Waals surface area contributed by atoms with Gasteiger partial charge in [0.1, 0.15) is 11.5 Å². The lowest BCUT2D eigenvalue weighted by atomic mass is 10.1. The quantitative estimate of drug-likeness (QED) is 0.839. The summed E-state index contributed by atoms with van der Waals surface area (Å²) in [6.45, 7) is 4.98. The van der Waals surface area contributed by atoms with Crippen molar-refractivity contribution in [1.29, 1.82) is 0 Å². The first-order valence-electron chi connectivity index (χ1n) is 7.39. The van der Waals surface area contributed by atoms with Crippen molar-refractivity contribution in [1.82, 2.24) is 5.32 Å². The number of aryl methyl sites for hydroxylation is 2. The van der Waals surface area contributed by atoms with Crippen molar-refractivity contribution in [2.45, 2.75) is 39.3 Å². The van der Waals surface area contributed by atoms with Crippen LogP contribution in [-0.2, 0) is 6.54 Å². The van der Waals surface area contributed by atoms with E-state index in [1.807, 2.05) is 31.2 Å². The van der Waals surface area contributed by atoms with E-state index in [4.69, 9.17) is 16.3 Å². The SMILES string of the molecule is Cc1ccc(Oc2cc(Cl)ccc2C)c(CNC2CC2)c1. The van der Waals surface area contributed by atoms with Gasteiger partial charge >= 0.3 is 0 Å². The molecule has 2 aromatic carbocycles. The minimum Gasteiger partial charge on any atom is -0.457 e. The van der Waals surface area contributed by atoms with E-state index in [2.05, 4.69) is 24.4 Å². The molecule has 3 heteroatoms. The highest BCUT2D eigenvalue weighted by Gasteiger charge is 2.20. The standard InChI is InChI=1S/C18H20ClNO/c1-12-3-8-17(14(9-12)11-20-16-6-7-16)21-18-10-15(19)5-4-13(18)2/h3-5,8-10,16,20H,6-7,11H2,1-2H3. The van der Waals surface area contributed by atoms with Crippen LogP contribution in [0.5, 0.6) is 11.5 Å². The summed E-state index contributed by atoms with van der Waals surface area (Å²) >= 11 is 6.07. The molecule has 0 bridgehead atoms. The zero-order valence-electron chi connectivity index (χ0n) is 12.4. The summed E-state index contributed by atoms with van der Waals surface area (Å²) in [6.07, 6.45) is 2.57. The third kappa shape index (κ3) is 3.78. The summed E-state index contributed by atoms with van der Waals surface area (Å²) < 4.78 is 6.10. The van der Waals surface area contributed by atoms with Crippen LogP contribution in [0.2, 0.25) is 5.02 Å². The molecule has 110 valence electrons. The molecule has 2 nitrogen and oxygen atoms in total. The lowest BCUT2D eigenvalue weighted by Gasteiger charge is -2.14. The van der Waals surface area contributed by atoms with Crippen LogP contribution in [0, 0.1) is 13.8 Å². The minimum atomic E-state index is 0.686. The number of rotatable bonds is 5. The number of hydrogen-bond donors (Lipinski definition) is 1. The number of hydrogen-bond acceptors (Lipinski definition) is 2. The maximum absolute atomic E-state index is 6.10. The van der Waals surface area contributed by atoms with Crippen molar-refractivity contribution in [2.75, 3.05) is 0 Å². The van der Waals surface area contributed by atoms with Crippen LogP contribution < -0.4 is 10.1 Å². The highest BCUT2D eigenvalue weighted by atomic mass is 35.5. The Kier molecular flexibility index (Phi) is 4.18. The molecular formula is C18H20ClNO. The van der Waals surface area contributed by atoms with E-state index < -0.39 is 0 Å². The Morgan fingerprint density at radius 2 is 1.90 bits per heavy atom. The smallest absolute Gasteiger partial charge is 0.131 e. The van der Waals surface area contributed by atoms with Gasteiger partial charge in [0.15, 0.2) is 0 Å². The van der Waals surface area contributed by atoms with E-state index in [0.29, 0.717) is 11.1 Å². The minimum absolute atomic E-state index is 0.686. The van der Waals surface area contributed by atoms with Gasteiger partial charge in [0.05, 0.1) is 0 Å². The van der Waals surface area contributed by atoms with Crippen LogP contribution in [0.3, 0.4) is 0 Å². The van der Waals surface area contributed by atoms with Crippen LogP contribution in [-0.4, -0.2) is 6.04 Å². The molecule has 1 aliphatic carbocycles. The third-order valence-corrected chi connectivity index (χ3v) is 3.98. The van der Waals surface area contributed by atoms with E-state index in [-0.39, 0.29) is 0 Å². The van der Waals surface area contributed by atoms with E-state index in [0.717, 1.165) is 23.6 Å². The van der Waals surface area contributed by atoms with E-state index in [9.17, 15) is 0 Å². The second-order valence-electron chi connectivity index (χ2n) is 5.78. The zero-order chi connectivity index (χ0) is 14.8. The fourth-order valence-corrected chi connectivity index (χ4v) is 2.45. The van der Waals surface area contributed by atoms with Crippen molar-refractivity contribution in [3.63, 3.8) is 0 Å². The molecule has 0 spiro atoms. The summed E-state index contributed by atoms with van der Waals surface area (Å²) in [5, 5.41) is 4.24. The van der Waals surface area contributed by atoms with E-state index in [1.165, 1.54) is 24.0 Å². The molecule has 0 radical (unpaired) electrons. The Labute approximate surface area is 131 Å². The Hall–Kier alpha value is -1.51. The van der Waals surface area contributed by atoms with Gasteiger partial charge in [-0.25, -0.2) is 0 Å². The molecule has 1 saturated carbocycles. The van der Waals surface area contributed by atoms with Crippen molar-refractivity contribution in [3.05, 3.63) is 58.1 Å². The summed E-state index contributed by atoms with van der Waals surface area (Å²) in [5.41, 5.74) is 3.53.